The van der Waals surface area contributed by atoms with Gasteiger partial charge in [-0.1, -0.05) is 74.5 Å². The normalized spacial score (nSPS) is 10.7. The fourth-order valence-corrected chi connectivity index (χ4v) is 3.05. The SMILES string of the molecule is Clc1ccc(-c2ccc(Cl)c(Cl)c2Cl)cc1CBr. The van der Waals surface area contributed by atoms with E-state index < -0.39 is 0 Å². The third-order valence-electron chi connectivity index (χ3n) is 2.54. The first-order valence-electron chi connectivity index (χ1n) is 5.03. The second kappa shape index (κ2) is 6.02. The van der Waals surface area contributed by atoms with Crippen LogP contribution >= 0.6 is 62.3 Å². The summed E-state index contributed by atoms with van der Waals surface area (Å²) in [5.74, 6) is 0. The molecule has 0 aliphatic heterocycles. The summed E-state index contributed by atoms with van der Waals surface area (Å²) in [5.41, 5.74) is 2.79. The van der Waals surface area contributed by atoms with Gasteiger partial charge in [-0.3, -0.25) is 0 Å². The van der Waals surface area contributed by atoms with Crippen LogP contribution in [0.25, 0.3) is 11.1 Å². The summed E-state index contributed by atoms with van der Waals surface area (Å²) in [4.78, 5) is 0. The fraction of sp³-hybridized carbons (Fsp3) is 0.0769. The molecule has 18 heavy (non-hydrogen) atoms. The molecule has 0 spiro atoms. The Morgan fingerprint density at radius 1 is 0.833 bits per heavy atom. The van der Waals surface area contributed by atoms with Crippen LogP contribution in [0, 0.1) is 0 Å². The Labute approximate surface area is 134 Å². The molecule has 0 aliphatic rings. The minimum atomic E-state index is 0.367. The molecule has 0 bridgehead atoms. The standard InChI is InChI=1S/C13H7BrCl4/c14-6-8-5-7(1-3-10(8)15)9-2-4-11(16)13(18)12(9)17/h1-5H,6H2. The molecule has 0 atom stereocenters. The number of hydrogen-bond acceptors (Lipinski definition) is 0. The maximum atomic E-state index is 6.21. The molecule has 0 amide bonds. The number of benzene rings is 2. The molecule has 2 aromatic carbocycles. The van der Waals surface area contributed by atoms with E-state index in [9.17, 15) is 0 Å². The van der Waals surface area contributed by atoms with Crippen molar-refractivity contribution in [3.63, 3.8) is 0 Å². The zero-order valence-corrected chi connectivity index (χ0v) is 13.6. The van der Waals surface area contributed by atoms with Gasteiger partial charge in [0, 0.05) is 15.9 Å². The van der Waals surface area contributed by atoms with Gasteiger partial charge in [-0.05, 0) is 29.3 Å². The van der Waals surface area contributed by atoms with Crippen LogP contribution in [-0.2, 0) is 5.33 Å². The molecule has 0 aliphatic carbocycles. The highest BCUT2D eigenvalue weighted by molar-refractivity contribution is 9.08. The Balaban J connectivity index is 2.59. The van der Waals surface area contributed by atoms with Crippen molar-refractivity contribution < 1.29 is 0 Å². The molecule has 5 heteroatoms. The first-order chi connectivity index (χ1) is 8.54. The van der Waals surface area contributed by atoms with E-state index >= 15 is 0 Å². The first-order valence-corrected chi connectivity index (χ1v) is 7.66. The zero-order chi connectivity index (χ0) is 13.3. The van der Waals surface area contributed by atoms with Gasteiger partial charge in [-0.25, -0.2) is 0 Å². The lowest BCUT2D eigenvalue weighted by molar-refractivity contribution is 1.43. The quantitative estimate of drug-likeness (QED) is 0.391. The third-order valence-corrected chi connectivity index (χ3v) is 4.80. The zero-order valence-electron chi connectivity index (χ0n) is 8.98. The molecule has 0 saturated carbocycles. The molecule has 0 nitrogen and oxygen atoms in total. The van der Waals surface area contributed by atoms with E-state index in [1.54, 1.807) is 6.07 Å². The minimum absolute atomic E-state index is 0.367. The maximum Gasteiger partial charge on any atom is 0.0784 e. The average Bonchev–Trinajstić information content (AvgIpc) is 2.37. The van der Waals surface area contributed by atoms with Crippen LogP contribution < -0.4 is 0 Å². The topological polar surface area (TPSA) is 0 Å². The van der Waals surface area contributed by atoms with Gasteiger partial charge >= 0.3 is 0 Å². The van der Waals surface area contributed by atoms with Gasteiger partial charge in [0.15, 0.2) is 0 Å². The van der Waals surface area contributed by atoms with Crippen molar-refractivity contribution in [2.24, 2.45) is 0 Å². The molecule has 0 fully saturated rings. The van der Waals surface area contributed by atoms with Crippen LogP contribution in [0.1, 0.15) is 5.56 Å². The van der Waals surface area contributed by atoms with Crippen molar-refractivity contribution in [2.75, 3.05) is 0 Å². The average molecular weight is 385 g/mol. The van der Waals surface area contributed by atoms with E-state index in [0.717, 1.165) is 16.7 Å². The van der Waals surface area contributed by atoms with Crippen molar-refractivity contribution in [3.05, 3.63) is 56.0 Å². The Hall–Kier alpha value is 0.0800. The van der Waals surface area contributed by atoms with Crippen molar-refractivity contribution >= 4 is 62.3 Å². The summed E-state index contributed by atoms with van der Waals surface area (Å²) >= 11 is 27.6. The molecule has 0 heterocycles. The van der Waals surface area contributed by atoms with E-state index in [1.165, 1.54) is 0 Å². The van der Waals surface area contributed by atoms with Gasteiger partial charge in [0.05, 0.1) is 15.1 Å². The number of hydrogen-bond donors (Lipinski definition) is 0. The largest absolute Gasteiger partial charge is 0.0876 e. The van der Waals surface area contributed by atoms with Gasteiger partial charge in [0.25, 0.3) is 0 Å². The predicted molar refractivity (Wildman–Crippen MR) is 84.5 cm³/mol. The molecular formula is C13H7BrCl4. The summed E-state index contributed by atoms with van der Waals surface area (Å²) < 4.78 is 0. The Bertz CT molecular complexity index is 596. The molecule has 0 aromatic heterocycles. The number of halogens is 5. The van der Waals surface area contributed by atoms with Crippen LogP contribution in [0.2, 0.25) is 20.1 Å². The van der Waals surface area contributed by atoms with Gasteiger partial charge in [0.1, 0.15) is 0 Å². The number of rotatable bonds is 2. The summed E-state index contributed by atoms with van der Waals surface area (Å²) in [7, 11) is 0. The lowest BCUT2D eigenvalue weighted by atomic mass is 10.0. The molecule has 2 rings (SSSR count). The Morgan fingerprint density at radius 2 is 1.50 bits per heavy atom. The molecule has 0 radical (unpaired) electrons. The lowest BCUT2D eigenvalue weighted by Crippen LogP contribution is -1.86. The second-order valence-electron chi connectivity index (χ2n) is 3.66. The van der Waals surface area contributed by atoms with Gasteiger partial charge in [-0.15, -0.1) is 0 Å². The van der Waals surface area contributed by atoms with Gasteiger partial charge in [-0.2, -0.15) is 0 Å². The van der Waals surface area contributed by atoms with Crippen molar-refractivity contribution in [2.45, 2.75) is 5.33 Å². The Morgan fingerprint density at radius 3 is 2.17 bits per heavy atom. The van der Waals surface area contributed by atoms with E-state index in [2.05, 4.69) is 15.9 Å². The van der Waals surface area contributed by atoms with Crippen LogP contribution in [-0.4, -0.2) is 0 Å². The highest BCUT2D eigenvalue weighted by Gasteiger charge is 2.11. The highest BCUT2D eigenvalue weighted by atomic mass is 79.9. The highest BCUT2D eigenvalue weighted by Crippen LogP contribution is 2.38. The van der Waals surface area contributed by atoms with E-state index in [-0.39, 0.29) is 0 Å². The summed E-state index contributed by atoms with van der Waals surface area (Å²) in [5, 5.41) is 2.66. The van der Waals surface area contributed by atoms with Crippen molar-refractivity contribution in [3.8, 4) is 11.1 Å². The second-order valence-corrected chi connectivity index (χ2v) is 5.79. The van der Waals surface area contributed by atoms with E-state index in [1.807, 2.05) is 24.3 Å². The summed E-state index contributed by atoms with van der Waals surface area (Å²) in [6.45, 7) is 0. The monoisotopic (exact) mass is 382 g/mol. The molecule has 2 aromatic rings. The summed E-state index contributed by atoms with van der Waals surface area (Å²) in [6.07, 6.45) is 0. The first kappa shape index (κ1) is 14.5. The van der Waals surface area contributed by atoms with Gasteiger partial charge < -0.3 is 0 Å². The lowest BCUT2D eigenvalue weighted by Gasteiger charge is -2.09. The van der Waals surface area contributed by atoms with Crippen LogP contribution in [0.15, 0.2) is 30.3 Å². The van der Waals surface area contributed by atoms with E-state index in [0.29, 0.717) is 25.4 Å². The fourth-order valence-electron chi connectivity index (χ4n) is 1.59. The molecule has 0 N–H and O–H groups in total. The van der Waals surface area contributed by atoms with Gasteiger partial charge in [0.2, 0.25) is 0 Å². The molecule has 0 unspecified atom stereocenters. The van der Waals surface area contributed by atoms with Crippen molar-refractivity contribution in [1.82, 2.24) is 0 Å². The predicted octanol–water partition coefficient (Wildman–Crippen LogP) is 6.86. The molecule has 0 saturated heterocycles. The van der Waals surface area contributed by atoms with Crippen LogP contribution in [0.5, 0.6) is 0 Å². The van der Waals surface area contributed by atoms with Crippen molar-refractivity contribution in [1.29, 1.82) is 0 Å². The minimum Gasteiger partial charge on any atom is -0.0876 e. The van der Waals surface area contributed by atoms with Crippen LogP contribution in [0.4, 0.5) is 0 Å². The van der Waals surface area contributed by atoms with E-state index in [4.69, 9.17) is 46.4 Å². The smallest absolute Gasteiger partial charge is 0.0784 e. The molecular weight excluding hydrogens is 378 g/mol. The Kier molecular flexibility index (Phi) is 4.85. The number of alkyl halides is 1. The van der Waals surface area contributed by atoms with Crippen LogP contribution in [0.3, 0.4) is 0 Å². The summed E-state index contributed by atoms with van der Waals surface area (Å²) in [6, 6.07) is 9.29. The maximum absolute atomic E-state index is 6.21. The molecule has 94 valence electrons. The third kappa shape index (κ3) is 2.81.